The van der Waals surface area contributed by atoms with Crippen molar-refractivity contribution in [1.29, 1.82) is 5.26 Å². The number of hydrogen-bond acceptors (Lipinski definition) is 8. The number of phenols is 1. The van der Waals surface area contributed by atoms with E-state index in [0.29, 0.717) is 6.07 Å². The Bertz CT molecular complexity index is 1220. The second kappa shape index (κ2) is 10.6. The molecule has 0 aliphatic carbocycles. The van der Waals surface area contributed by atoms with Crippen LogP contribution in [0.4, 0.5) is 23.2 Å². The highest BCUT2D eigenvalue weighted by molar-refractivity contribution is 6.03. The highest BCUT2D eigenvalue weighted by atomic mass is 19.4. The number of nitriles is 1. The Labute approximate surface area is 195 Å². The minimum Gasteiger partial charge on any atom is -0.506 e. The van der Waals surface area contributed by atoms with Crippen molar-refractivity contribution >= 4 is 17.4 Å². The van der Waals surface area contributed by atoms with Gasteiger partial charge in [-0.15, -0.1) is 0 Å². The lowest BCUT2D eigenvalue weighted by molar-refractivity contribution is -0.386. The second-order valence-corrected chi connectivity index (χ2v) is 6.96. The summed E-state index contributed by atoms with van der Waals surface area (Å²) in [6.45, 7) is -2.16. The Hall–Kier alpha value is -4.54. The van der Waals surface area contributed by atoms with Crippen LogP contribution in [0.15, 0.2) is 35.9 Å². The van der Waals surface area contributed by atoms with E-state index in [1.807, 2.05) is 0 Å². The number of benzene rings is 2. The number of nitrogens with zero attached hydrogens (tertiary/aromatic N) is 3. The van der Waals surface area contributed by atoms with Gasteiger partial charge in [-0.05, 0) is 24.3 Å². The molecule has 35 heavy (non-hydrogen) atoms. The second-order valence-electron chi connectivity index (χ2n) is 6.96. The number of rotatable bonds is 8. The summed E-state index contributed by atoms with van der Waals surface area (Å²) in [6, 6.07) is 5.84. The fraction of sp³-hybridized carbons (Fsp3) is 0.238. The van der Waals surface area contributed by atoms with Gasteiger partial charge in [0.25, 0.3) is 5.91 Å². The van der Waals surface area contributed by atoms with Crippen molar-refractivity contribution in [2.45, 2.75) is 12.7 Å². The molecule has 14 heteroatoms. The van der Waals surface area contributed by atoms with Crippen molar-refractivity contribution in [1.82, 2.24) is 4.90 Å². The molecular formula is C21H17F4N3O7. The number of halogens is 4. The first-order valence-corrected chi connectivity index (χ1v) is 9.41. The van der Waals surface area contributed by atoms with Crippen LogP contribution < -0.4 is 9.47 Å². The molecule has 2 N–H and O–H groups in total. The lowest BCUT2D eigenvalue weighted by atomic mass is 10.1. The molecule has 0 atom stereocenters. The topological polar surface area (TPSA) is 146 Å². The minimum atomic E-state index is -4.63. The summed E-state index contributed by atoms with van der Waals surface area (Å²) in [5.74, 6) is -4.60. The standard InChI is InChI=1S/C21H17F4N3O7/c1-27(9-12-5-13(3-4-15(12)22)35-10-21(23,24)25)20(31)14(8-26)18(29)11-6-16(28(32)33)19(30)17(7-11)34-2/h3-7,29-30H,9-10H2,1-2H3/b18-14-. The first-order valence-electron chi connectivity index (χ1n) is 9.41. The van der Waals surface area contributed by atoms with E-state index in [4.69, 9.17) is 4.74 Å². The van der Waals surface area contributed by atoms with Gasteiger partial charge in [0.2, 0.25) is 5.75 Å². The highest BCUT2D eigenvalue weighted by Gasteiger charge is 2.29. The molecule has 2 aromatic rings. The first-order chi connectivity index (χ1) is 16.3. The predicted octanol–water partition coefficient (Wildman–Crippen LogP) is 3.84. The van der Waals surface area contributed by atoms with Crippen molar-refractivity contribution in [2.24, 2.45) is 0 Å². The fourth-order valence-electron chi connectivity index (χ4n) is 2.82. The van der Waals surface area contributed by atoms with Crippen molar-refractivity contribution in [3.8, 4) is 23.3 Å². The molecule has 0 saturated carbocycles. The average Bonchev–Trinajstić information content (AvgIpc) is 2.79. The maximum absolute atomic E-state index is 14.2. The summed E-state index contributed by atoms with van der Waals surface area (Å²) in [5.41, 5.74) is -2.42. The molecule has 0 unspecified atom stereocenters. The third kappa shape index (κ3) is 6.50. The quantitative estimate of drug-likeness (QED) is 0.139. The molecule has 0 aromatic heterocycles. The molecule has 0 radical (unpaired) electrons. The normalized spacial score (nSPS) is 11.8. The van der Waals surface area contributed by atoms with Crippen LogP contribution in [-0.4, -0.2) is 52.9 Å². The van der Waals surface area contributed by atoms with E-state index in [1.54, 1.807) is 0 Å². The first kappa shape index (κ1) is 26.7. The summed E-state index contributed by atoms with van der Waals surface area (Å²) in [7, 11) is 2.20. The monoisotopic (exact) mass is 499 g/mol. The average molecular weight is 499 g/mol. The number of amides is 1. The van der Waals surface area contributed by atoms with E-state index in [0.717, 1.165) is 43.3 Å². The summed E-state index contributed by atoms with van der Waals surface area (Å²) in [6.07, 6.45) is -4.63. The van der Waals surface area contributed by atoms with Crippen LogP contribution in [0.5, 0.6) is 17.2 Å². The van der Waals surface area contributed by atoms with Crippen molar-refractivity contribution in [3.05, 3.63) is 63.0 Å². The Morgan fingerprint density at radius 1 is 1.29 bits per heavy atom. The van der Waals surface area contributed by atoms with Crippen LogP contribution in [0.2, 0.25) is 0 Å². The molecule has 0 aliphatic heterocycles. The van der Waals surface area contributed by atoms with Crippen LogP contribution in [0, 0.1) is 27.3 Å². The number of aliphatic hydroxyl groups excluding tert-OH is 1. The fourth-order valence-corrected chi connectivity index (χ4v) is 2.82. The van der Waals surface area contributed by atoms with E-state index < -0.39 is 70.1 Å². The van der Waals surface area contributed by atoms with Crippen LogP contribution >= 0.6 is 0 Å². The molecule has 186 valence electrons. The molecule has 2 rings (SSSR count). The number of ether oxygens (including phenoxy) is 2. The van der Waals surface area contributed by atoms with Crippen molar-refractivity contribution < 1.29 is 47.0 Å². The Morgan fingerprint density at radius 3 is 2.49 bits per heavy atom. The van der Waals surface area contributed by atoms with Gasteiger partial charge in [0.05, 0.1) is 12.0 Å². The summed E-state index contributed by atoms with van der Waals surface area (Å²) in [4.78, 5) is 23.7. The number of methoxy groups -OCH3 is 1. The number of carbonyl (C=O) groups is 1. The lowest BCUT2D eigenvalue weighted by Crippen LogP contribution is -2.28. The van der Waals surface area contributed by atoms with Gasteiger partial charge >= 0.3 is 11.9 Å². The highest BCUT2D eigenvalue weighted by Crippen LogP contribution is 2.39. The lowest BCUT2D eigenvalue weighted by Gasteiger charge is -2.19. The molecule has 10 nitrogen and oxygen atoms in total. The van der Waals surface area contributed by atoms with E-state index >= 15 is 0 Å². The van der Waals surface area contributed by atoms with Crippen LogP contribution in [0.3, 0.4) is 0 Å². The van der Waals surface area contributed by atoms with E-state index in [-0.39, 0.29) is 11.3 Å². The number of phenolic OH excluding ortho intramolecular Hbond substituents is 1. The van der Waals surface area contributed by atoms with E-state index in [2.05, 4.69) is 4.74 Å². The Balaban J connectivity index is 2.38. The number of likely N-dealkylation sites (N-methyl/N-ethyl adjacent to an activating group) is 1. The zero-order chi connectivity index (χ0) is 26.5. The molecular weight excluding hydrogens is 482 g/mol. The minimum absolute atomic E-state index is 0.251. The van der Waals surface area contributed by atoms with Gasteiger partial charge in [0, 0.05) is 30.8 Å². The molecule has 0 aliphatic rings. The van der Waals surface area contributed by atoms with Gasteiger partial charge in [0.1, 0.15) is 23.4 Å². The van der Waals surface area contributed by atoms with Gasteiger partial charge < -0.3 is 24.6 Å². The Kier molecular flexibility index (Phi) is 8.08. The molecule has 0 fully saturated rings. The summed E-state index contributed by atoms with van der Waals surface area (Å²) >= 11 is 0. The molecule has 0 spiro atoms. The smallest absolute Gasteiger partial charge is 0.422 e. The molecule has 1 amide bonds. The van der Waals surface area contributed by atoms with Gasteiger partial charge in [-0.2, -0.15) is 18.4 Å². The number of hydrogen-bond donors (Lipinski definition) is 2. The third-order valence-corrected chi connectivity index (χ3v) is 4.48. The van der Waals surface area contributed by atoms with Gasteiger partial charge in [0.15, 0.2) is 17.9 Å². The van der Waals surface area contributed by atoms with Gasteiger partial charge in [-0.25, -0.2) is 4.39 Å². The maximum Gasteiger partial charge on any atom is 0.422 e. The van der Waals surface area contributed by atoms with E-state index in [1.165, 1.54) is 6.07 Å². The summed E-state index contributed by atoms with van der Waals surface area (Å²) < 4.78 is 60.6. The zero-order valence-electron chi connectivity index (χ0n) is 18.1. The molecule has 2 aromatic carbocycles. The van der Waals surface area contributed by atoms with Crippen molar-refractivity contribution in [3.63, 3.8) is 0 Å². The predicted molar refractivity (Wildman–Crippen MR) is 111 cm³/mol. The zero-order valence-corrected chi connectivity index (χ0v) is 18.1. The Morgan fingerprint density at radius 2 is 1.94 bits per heavy atom. The SMILES string of the molecule is COc1cc(/C(O)=C(\C#N)C(=O)N(C)Cc2cc(OCC(F)(F)F)ccc2F)cc([N+](=O)[O-])c1O. The molecule has 0 bridgehead atoms. The van der Waals surface area contributed by atoms with E-state index in [9.17, 15) is 47.9 Å². The van der Waals surface area contributed by atoms with Gasteiger partial charge in [-0.3, -0.25) is 14.9 Å². The maximum atomic E-state index is 14.2. The number of alkyl halides is 3. The third-order valence-electron chi connectivity index (χ3n) is 4.48. The van der Waals surface area contributed by atoms with Crippen LogP contribution in [0.1, 0.15) is 11.1 Å². The number of nitro groups is 1. The number of nitro benzene ring substituents is 1. The largest absolute Gasteiger partial charge is 0.506 e. The van der Waals surface area contributed by atoms with Crippen molar-refractivity contribution in [2.75, 3.05) is 20.8 Å². The molecule has 0 heterocycles. The van der Waals surface area contributed by atoms with Gasteiger partial charge in [-0.1, -0.05) is 0 Å². The molecule has 0 saturated heterocycles. The number of aromatic hydroxyl groups is 1. The number of aliphatic hydroxyl groups is 1. The number of carbonyl (C=O) groups excluding carboxylic acids is 1. The van der Waals surface area contributed by atoms with Crippen LogP contribution in [-0.2, 0) is 11.3 Å². The summed E-state index contributed by atoms with van der Waals surface area (Å²) in [5, 5.41) is 40.9. The van der Waals surface area contributed by atoms with Crippen LogP contribution in [0.25, 0.3) is 5.76 Å².